The number of guanidine groups is 2. The van der Waals surface area contributed by atoms with Crippen LogP contribution in [0.2, 0.25) is 0 Å². The number of alkyl halides is 6. The molecule has 1 atom stereocenters. The van der Waals surface area contributed by atoms with Crippen molar-refractivity contribution in [1.82, 2.24) is 4.90 Å². The fraction of sp³-hybridized carbons (Fsp3) is 0.253. The van der Waals surface area contributed by atoms with Gasteiger partial charge in [0.2, 0.25) is 0 Å². The third-order valence-electron chi connectivity index (χ3n) is 16.9. The Kier molecular flexibility index (Phi) is 35.9. The van der Waals surface area contributed by atoms with Crippen LogP contribution in [-0.4, -0.2) is 105 Å². The Bertz CT molecular complexity index is 4370. The number of nitrogens with zero attached hydrogens (tertiary/aromatic N) is 3. The molecule has 12 rings (SSSR count). The number of terminal acetylenes is 1. The third-order valence-corrected chi connectivity index (χ3v) is 21.9. The lowest BCUT2D eigenvalue weighted by molar-refractivity contribution is -0.138. The molecule has 3 aliphatic carbocycles. The molecule has 1 heterocycles. The average molecular weight is 1660 g/mol. The van der Waals surface area contributed by atoms with Crippen molar-refractivity contribution in [2.45, 2.75) is 95.8 Å². The fourth-order valence-corrected chi connectivity index (χ4v) is 16.1. The van der Waals surface area contributed by atoms with Gasteiger partial charge in [-0.3, -0.25) is 19.5 Å². The largest absolute Gasteiger partial charge is 0.463 e. The van der Waals surface area contributed by atoms with E-state index < -0.39 is 25.6 Å². The van der Waals surface area contributed by atoms with Crippen LogP contribution in [-0.2, 0) is 43.7 Å². The second kappa shape index (κ2) is 44.5. The lowest BCUT2D eigenvalue weighted by atomic mass is 9.74. The molecule has 3 fully saturated rings. The van der Waals surface area contributed by atoms with Crippen molar-refractivity contribution < 1.29 is 65.2 Å². The van der Waals surface area contributed by atoms with Crippen LogP contribution in [0.15, 0.2) is 255 Å². The first-order valence-corrected chi connectivity index (χ1v) is 38.6. The first kappa shape index (κ1) is 87.2. The Hall–Kier alpha value is -9.75. The minimum Gasteiger partial charge on any atom is -0.463 e. The highest BCUT2D eigenvalue weighted by atomic mass is 79.9. The number of hydrogen-bond acceptors (Lipinski definition) is 13. The number of aliphatic imine (C=N–C) groups is 2. The van der Waals surface area contributed by atoms with Crippen LogP contribution in [0.5, 0.6) is 11.5 Å². The van der Waals surface area contributed by atoms with Crippen molar-refractivity contribution in [3.05, 3.63) is 278 Å². The van der Waals surface area contributed by atoms with Gasteiger partial charge < -0.3 is 40.9 Å². The molecule has 0 radical (unpaired) electrons. The maximum atomic E-state index is 13.4. The molecule has 1 amide bonds. The van der Waals surface area contributed by atoms with Crippen molar-refractivity contribution in [1.29, 1.82) is 0 Å². The summed E-state index contributed by atoms with van der Waals surface area (Å²) in [7, 11) is 3.08. The Labute approximate surface area is 655 Å². The summed E-state index contributed by atoms with van der Waals surface area (Å²) < 4.78 is 74.3. The van der Waals surface area contributed by atoms with E-state index in [2.05, 4.69) is 118 Å². The number of rotatable bonds is 18. The maximum Gasteiger partial charge on any atom is 0.387 e. The number of ether oxygens (including phenoxy) is 5. The number of hydrogen-bond donors (Lipinski definition) is 3. The number of benzene rings is 8. The molecule has 8 aromatic carbocycles. The number of carbonyl (C=O) groups excluding carboxylic acids is 5. The molecule has 0 saturated heterocycles. The smallest absolute Gasteiger partial charge is 0.387 e. The Morgan fingerprint density at radius 1 is 0.583 bits per heavy atom. The second-order valence-electron chi connectivity index (χ2n) is 24.1. The van der Waals surface area contributed by atoms with E-state index in [1.807, 2.05) is 111 Å². The van der Waals surface area contributed by atoms with Crippen molar-refractivity contribution in [3.63, 3.8) is 0 Å². The number of amides is 1. The van der Waals surface area contributed by atoms with Crippen molar-refractivity contribution >= 4 is 125 Å². The Balaban J connectivity index is 0.000000217. The predicted octanol–water partition coefficient (Wildman–Crippen LogP) is 16.3. The molecule has 25 heteroatoms. The summed E-state index contributed by atoms with van der Waals surface area (Å²) in [5, 5.41) is 3.61. The van der Waals surface area contributed by atoms with Crippen LogP contribution in [0.25, 0.3) is 0 Å². The topological polar surface area (TPSA) is 238 Å². The monoisotopic (exact) mass is 1660 g/mol. The van der Waals surface area contributed by atoms with Crippen molar-refractivity contribution in [2.75, 3.05) is 39.3 Å². The molecule has 16 nitrogen and oxygen atoms in total. The van der Waals surface area contributed by atoms with Crippen LogP contribution in [0.1, 0.15) is 110 Å². The molecule has 0 aromatic heterocycles. The van der Waals surface area contributed by atoms with Crippen LogP contribution in [0.4, 0.5) is 17.6 Å². The fourth-order valence-electron chi connectivity index (χ4n) is 11.6. The molecule has 8 aromatic rings. The zero-order chi connectivity index (χ0) is 78.8. The third kappa shape index (κ3) is 26.0. The van der Waals surface area contributed by atoms with E-state index in [1.165, 1.54) is 71.1 Å². The molecular weight excluding hydrogens is 1580 g/mol. The SMILES string of the molecule is C#Cc1ccc(OC(F)F)cc1.CCOC(=O)C=C1CC(c2cccc(Br)c2)C1.CCOC(=O)C=C1CC(c2cccc(C3(c4ccc(OC(F)F)cc4)N=C(N)N(C)C3=O)c2)C1.CCOC(=O)C=P(c1ccccc1)(c1ccccc1)c1ccccc1.CN=C(N)N.ClCCl.O=C1CC(c2cccc(Br)c2)C1. The van der Waals surface area contributed by atoms with E-state index in [1.54, 1.807) is 44.0 Å². The van der Waals surface area contributed by atoms with Gasteiger partial charge in [0.05, 0.1) is 25.2 Å². The number of nitrogens with two attached hydrogens (primary N) is 3. The highest BCUT2D eigenvalue weighted by Gasteiger charge is 2.50. The van der Waals surface area contributed by atoms with E-state index in [9.17, 15) is 41.5 Å². The number of likely N-dealkylation sites (N-methyl/N-ethyl adjacent to an activating group) is 1. The summed E-state index contributed by atoms with van der Waals surface area (Å²) >= 11 is 16.4. The second-order valence-corrected chi connectivity index (χ2v) is 29.9. The van der Waals surface area contributed by atoms with E-state index in [0.29, 0.717) is 67.0 Å². The van der Waals surface area contributed by atoms with Gasteiger partial charge in [-0.15, -0.1) is 29.6 Å². The lowest BCUT2D eigenvalue weighted by Crippen LogP contribution is -2.41. The summed E-state index contributed by atoms with van der Waals surface area (Å²) in [6, 6.07) is 66.6. The Morgan fingerprint density at radius 2 is 0.954 bits per heavy atom. The predicted molar refractivity (Wildman–Crippen MR) is 430 cm³/mol. The molecule has 1 unspecified atom stereocenters. The summed E-state index contributed by atoms with van der Waals surface area (Å²) in [6.07, 6.45) is 13.1. The minimum atomic E-state index is -2.95. The van der Waals surface area contributed by atoms with E-state index >= 15 is 0 Å². The lowest BCUT2D eigenvalue weighted by Gasteiger charge is -2.31. The van der Waals surface area contributed by atoms with E-state index in [4.69, 9.17) is 61.0 Å². The molecular formula is C83H85Br2Cl2F4N6O10P. The molecule has 1 aliphatic heterocycles. The highest BCUT2D eigenvalue weighted by molar-refractivity contribution is 9.10. The molecule has 0 spiro atoms. The van der Waals surface area contributed by atoms with Gasteiger partial charge in [-0.1, -0.05) is 201 Å². The number of carbonyl (C=O) groups is 5. The molecule has 6 N–H and O–H groups in total. The van der Waals surface area contributed by atoms with Gasteiger partial charge in [-0.2, -0.15) is 17.6 Å². The standard InChI is InChI=1S/C25H25F2N3O4.C22H21O2P.C14H15BrO2.C10H9BrO.C9H6F2O.C2H7N3.CH2Cl2/c1-3-33-21(31)13-15-11-17(12-15)16-5-4-6-19(14-16)25(22(32)30(2)24(28)29-25)18-7-9-20(10-8-18)34-23(26)27;1-2-24-22(23)18-25(19-12-6-3-7-13-19,20-14-8-4-9-15-20)21-16-10-5-11-17-21;1-2-17-14(16)8-10-6-12(7-10)11-4-3-5-13(15)9-11;11-9-3-1-2-7(4-9)8-5-10(12)6-8;1-2-7-3-5-8(6-4-7)12-9(10)11;1-5-2(3)4;2-1-3/h4-10,13-14,17,23H,3,11-12H2,1-2H3,(H2,28,29);3-18H,2H2,1H3;3-5,8-9,12H,2,6-7H2,1H3;1-4,8H,5-6H2;1,3-6,9H;1H3,(H4,3,4,5);1H2. The van der Waals surface area contributed by atoms with Gasteiger partial charge in [0.1, 0.15) is 17.3 Å². The first-order valence-electron chi connectivity index (χ1n) is 34.1. The molecule has 4 aliphatic rings. The number of halogens is 8. The Morgan fingerprint density at radius 3 is 1.30 bits per heavy atom. The maximum absolute atomic E-state index is 13.4. The number of esters is 3. The number of allylic oxidation sites excluding steroid dienone is 2. The highest BCUT2D eigenvalue weighted by Crippen LogP contribution is 2.47. The quantitative estimate of drug-likeness (QED) is 0.00835. The van der Waals surface area contributed by atoms with Crippen LogP contribution < -0.4 is 42.6 Å². The van der Waals surface area contributed by atoms with Crippen molar-refractivity contribution in [3.8, 4) is 23.8 Å². The first-order chi connectivity index (χ1) is 51.9. The van der Waals surface area contributed by atoms with Gasteiger partial charge in [0, 0.05) is 59.4 Å². The van der Waals surface area contributed by atoms with Crippen molar-refractivity contribution in [2.24, 2.45) is 27.2 Å². The van der Waals surface area contributed by atoms with Gasteiger partial charge in [0.15, 0.2) is 17.5 Å². The zero-order valence-corrected chi connectivity index (χ0v) is 65.7. The van der Waals surface area contributed by atoms with Gasteiger partial charge in [-0.05, 0) is 175 Å². The minimum absolute atomic E-state index is 0.0196. The summed E-state index contributed by atoms with van der Waals surface area (Å²) in [6.45, 7) is -1.42. The molecule has 3 saturated carbocycles. The number of ketones is 1. The average Bonchev–Trinajstić information content (AvgIpc) is 0.948. The normalized spacial score (nSPS) is 15.8. The van der Waals surface area contributed by atoms with Gasteiger partial charge in [0.25, 0.3) is 5.91 Å². The van der Waals surface area contributed by atoms with Gasteiger partial charge in [-0.25, -0.2) is 19.4 Å². The summed E-state index contributed by atoms with van der Waals surface area (Å²) in [5.74, 6) is 4.89. The number of Topliss-reactive ketones (excluding diaryl/α,β-unsaturated/α-hetero) is 1. The van der Waals surface area contributed by atoms with Crippen LogP contribution in [0.3, 0.4) is 0 Å². The molecule has 568 valence electrons. The summed E-state index contributed by atoms with van der Waals surface area (Å²) in [4.78, 5) is 68.8. The van der Waals surface area contributed by atoms with E-state index in [0.717, 1.165) is 61.7 Å². The van der Waals surface area contributed by atoms with Crippen LogP contribution in [0, 0.1) is 12.3 Å². The molecule has 0 bridgehead atoms. The van der Waals surface area contributed by atoms with Gasteiger partial charge >= 0.3 is 31.1 Å². The van der Waals surface area contributed by atoms with Crippen LogP contribution >= 0.6 is 61.9 Å². The van der Waals surface area contributed by atoms with E-state index in [-0.39, 0.29) is 58.5 Å². The zero-order valence-electron chi connectivity index (χ0n) is 60.1. The summed E-state index contributed by atoms with van der Waals surface area (Å²) in [5.41, 5.74) is 21.8. The molecule has 108 heavy (non-hydrogen) atoms.